The third-order valence-electron chi connectivity index (χ3n) is 5.29. The Balaban J connectivity index is 2.35. The maximum atomic E-state index is 13.9. The van der Waals surface area contributed by atoms with Gasteiger partial charge in [0.1, 0.15) is 11.6 Å². The summed E-state index contributed by atoms with van der Waals surface area (Å²) in [5.74, 6) is -2.31. The molecule has 1 heterocycles. The molecule has 146 valence electrons. The molecule has 0 unspecified atom stereocenters. The molecule has 28 heavy (non-hydrogen) atoms. The van der Waals surface area contributed by atoms with Crippen LogP contribution in [0.1, 0.15) is 41.9 Å². The van der Waals surface area contributed by atoms with Gasteiger partial charge in [0.15, 0.2) is 0 Å². The number of rotatable bonds is 4. The minimum absolute atomic E-state index is 0.0419. The van der Waals surface area contributed by atoms with E-state index in [2.05, 4.69) is 0 Å². The maximum Gasteiger partial charge on any atom is 0.313 e. The fourth-order valence-electron chi connectivity index (χ4n) is 3.56. The molecule has 0 saturated carbocycles. The zero-order valence-corrected chi connectivity index (χ0v) is 16.3. The molecule has 5 nitrogen and oxygen atoms in total. The van der Waals surface area contributed by atoms with E-state index < -0.39 is 23.1 Å². The summed E-state index contributed by atoms with van der Waals surface area (Å²) in [6, 6.07) is 8.17. The number of halogens is 2. The summed E-state index contributed by atoms with van der Waals surface area (Å²) in [5, 5.41) is 20.2. The van der Waals surface area contributed by atoms with Gasteiger partial charge < -0.3 is 10.2 Å². The zero-order chi connectivity index (χ0) is 20.8. The van der Waals surface area contributed by atoms with Crippen molar-refractivity contribution in [1.82, 2.24) is 4.57 Å². The second-order valence-corrected chi connectivity index (χ2v) is 7.33. The highest BCUT2D eigenvalue weighted by Crippen LogP contribution is 2.39. The number of carboxylic acid groups (broad SMARTS) is 1. The van der Waals surface area contributed by atoms with Crippen LogP contribution in [-0.2, 0) is 10.2 Å². The first-order chi connectivity index (χ1) is 13.1. The van der Waals surface area contributed by atoms with Gasteiger partial charge >= 0.3 is 5.97 Å². The topological polar surface area (TPSA) is 79.5 Å². The first kappa shape index (κ1) is 19.9. The average molecular weight is 404 g/mol. The van der Waals surface area contributed by atoms with Crippen molar-refractivity contribution in [2.75, 3.05) is 0 Å². The lowest BCUT2D eigenvalue weighted by Crippen LogP contribution is -2.32. The Morgan fingerprint density at radius 3 is 2.46 bits per heavy atom. The molecule has 0 bridgehead atoms. The summed E-state index contributed by atoms with van der Waals surface area (Å²) >= 11 is 5.71. The SMILES string of the molecule is CC[C@@](C)(C(=O)O)c1c(C)n(C(=O)c2ccc(Cl)c(F)c2)c2ccc(O)cc12. The van der Waals surface area contributed by atoms with Crippen molar-refractivity contribution < 1.29 is 24.2 Å². The summed E-state index contributed by atoms with van der Waals surface area (Å²) in [4.78, 5) is 25.2. The number of phenolic OH excluding ortho intramolecular Hbond substituents is 1. The monoisotopic (exact) mass is 403 g/mol. The van der Waals surface area contributed by atoms with E-state index in [0.717, 1.165) is 6.07 Å². The summed E-state index contributed by atoms with van der Waals surface area (Å²) in [6.07, 6.45) is 0.279. The fraction of sp³-hybridized carbons (Fsp3) is 0.238. The molecule has 0 amide bonds. The van der Waals surface area contributed by atoms with Crippen molar-refractivity contribution >= 4 is 34.4 Å². The average Bonchev–Trinajstić information content (AvgIpc) is 2.94. The molecule has 0 aliphatic rings. The van der Waals surface area contributed by atoms with Gasteiger partial charge in [0.05, 0.1) is 16.0 Å². The Labute approximate surface area is 166 Å². The standard InChI is InChI=1S/C21H19ClFNO4/c1-4-21(3,20(27)28)18-11(2)24(17-8-6-13(25)10-14(17)18)19(26)12-5-7-15(22)16(23)9-12/h5-10,25H,4H2,1-3H3,(H,27,28)/t21-/m1/s1. The fourth-order valence-corrected chi connectivity index (χ4v) is 3.68. The van der Waals surface area contributed by atoms with E-state index in [1.54, 1.807) is 26.8 Å². The summed E-state index contributed by atoms with van der Waals surface area (Å²) in [5.41, 5.74) is 0.109. The number of hydrogen-bond acceptors (Lipinski definition) is 3. The van der Waals surface area contributed by atoms with Crippen LogP contribution >= 0.6 is 11.6 Å². The zero-order valence-electron chi connectivity index (χ0n) is 15.6. The van der Waals surface area contributed by atoms with Gasteiger partial charge in [-0.25, -0.2) is 4.39 Å². The first-order valence-electron chi connectivity index (χ1n) is 8.69. The largest absolute Gasteiger partial charge is 0.508 e. The summed E-state index contributed by atoms with van der Waals surface area (Å²) in [6.45, 7) is 4.97. The van der Waals surface area contributed by atoms with Crippen molar-refractivity contribution in [3.8, 4) is 5.75 Å². The van der Waals surface area contributed by atoms with Gasteiger partial charge in [0.2, 0.25) is 0 Å². The first-order valence-corrected chi connectivity index (χ1v) is 9.07. The van der Waals surface area contributed by atoms with E-state index >= 15 is 0 Å². The van der Waals surface area contributed by atoms with E-state index in [1.165, 1.54) is 28.8 Å². The molecule has 7 heteroatoms. The van der Waals surface area contributed by atoms with Crippen molar-refractivity contribution in [1.29, 1.82) is 0 Å². The van der Waals surface area contributed by atoms with E-state index in [4.69, 9.17) is 11.6 Å². The van der Waals surface area contributed by atoms with E-state index in [1.807, 2.05) is 0 Å². The van der Waals surface area contributed by atoms with E-state index in [-0.39, 0.29) is 22.8 Å². The highest BCUT2D eigenvalue weighted by molar-refractivity contribution is 6.30. The van der Waals surface area contributed by atoms with Crippen molar-refractivity contribution in [2.45, 2.75) is 32.6 Å². The highest BCUT2D eigenvalue weighted by Gasteiger charge is 2.39. The second kappa shape index (κ2) is 6.95. The molecular weight excluding hydrogens is 385 g/mol. The third kappa shape index (κ3) is 2.94. The number of phenols is 1. The Hall–Kier alpha value is -2.86. The second-order valence-electron chi connectivity index (χ2n) is 6.92. The van der Waals surface area contributed by atoms with Crippen LogP contribution in [0, 0.1) is 12.7 Å². The molecule has 0 fully saturated rings. The number of fused-ring (bicyclic) bond motifs is 1. The Morgan fingerprint density at radius 1 is 1.21 bits per heavy atom. The predicted molar refractivity (Wildman–Crippen MR) is 105 cm³/mol. The molecule has 0 aliphatic heterocycles. The van der Waals surface area contributed by atoms with Crippen LogP contribution in [0.5, 0.6) is 5.75 Å². The van der Waals surface area contributed by atoms with Gasteiger partial charge in [-0.3, -0.25) is 14.2 Å². The number of benzene rings is 2. The molecule has 3 aromatic rings. The van der Waals surface area contributed by atoms with Crippen LogP contribution in [0.2, 0.25) is 5.02 Å². The molecule has 2 aromatic carbocycles. The van der Waals surface area contributed by atoms with Gasteiger partial charge in [0.25, 0.3) is 5.91 Å². The lowest BCUT2D eigenvalue weighted by atomic mass is 9.78. The van der Waals surface area contributed by atoms with E-state index in [9.17, 15) is 24.2 Å². The Kier molecular flexibility index (Phi) is 4.93. The van der Waals surface area contributed by atoms with Gasteiger partial charge in [-0.1, -0.05) is 18.5 Å². The number of carbonyl (C=O) groups is 2. The molecule has 2 N–H and O–H groups in total. The van der Waals surface area contributed by atoms with Crippen LogP contribution in [0.4, 0.5) is 4.39 Å². The summed E-state index contributed by atoms with van der Waals surface area (Å²) in [7, 11) is 0. The molecular formula is C21H19ClFNO4. The highest BCUT2D eigenvalue weighted by atomic mass is 35.5. The van der Waals surface area contributed by atoms with Crippen LogP contribution in [0.25, 0.3) is 10.9 Å². The number of hydrogen-bond donors (Lipinski definition) is 2. The normalized spacial score (nSPS) is 13.5. The third-order valence-corrected chi connectivity index (χ3v) is 5.59. The number of aromatic nitrogens is 1. The number of carbonyl (C=O) groups excluding carboxylic acids is 1. The molecule has 3 rings (SSSR count). The van der Waals surface area contributed by atoms with E-state index in [0.29, 0.717) is 22.2 Å². The maximum absolute atomic E-state index is 13.9. The smallest absolute Gasteiger partial charge is 0.313 e. The molecule has 0 aliphatic carbocycles. The molecule has 0 spiro atoms. The molecule has 1 aromatic heterocycles. The number of aromatic hydroxyl groups is 1. The number of carboxylic acids is 1. The number of aliphatic carboxylic acids is 1. The molecule has 1 atom stereocenters. The quantitative estimate of drug-likeness (QED) is 0.650. The van der Waals surface area contributed by atoms with Crippen LogP contribution in [-0.4, -0.2) is 26.7 Å². The lowest BCUT2D eigenvalue weighted by molar-refractivity contribution is -0.143. The van der Waals surface area contributed by atoms with Crippen LogP contribution < -0.4 is 0 Å². The number of nitrogens with zero attached hydrogens (tertiary/aromatic N) is 1. The van der Waals surface area contributed by atoms with Gasteiger partial charge in [-0.15, -0.1) is 0 Å². The minimum Gasteiger partial charge on any atom is -0.508 e. The molecule has 0 radical (unpaired) electrons. The van der Waals surface area contributed by atoms with Crippen molar-refractivity contribution in [3.63, 3.8) is 0 Å². The van der Waals surface area contributed by atoms with Crippen molar-refractivity contribution in [2.24, 2.45) is 0 Å². The van der Waals surface area contributed by atoms with Gasteiger partial charge in [-0.05, 0) is 62.2 Å². The predicted octanol–water partition coefficient (Wildman–Crippen LogP) is 4.89. The van der Waals surface area contributed by atoms with Crippen LogP contribution in [0.3, 0.4) is 0 Å². The summed E-state index contributed by atoms with van der Waals surface area (Å²) < 4.78 is 15.2. The lowest BCUT2D eigenvalue weighted by Gasteiger charge is -2.24. The molecule has 0 saturated heterocycles. The van der Waals surface area contributed by atoms with Crippen LogP contribution in [0.15, 0.2) is 36.4 Å². The van der Waals surface area contributed by atoms with Gasteiger partial charge in [0, 0.05) is 16.6 Å². The van der Waals surface area contributed by atoms with Gasteiger partial charge in [-0.2, -0.15) is 0 Å². The minimum atomic E-state index is -1.27. The Morgan fingerprint density at radius 2 is 1.89 bits per heavy atom. The van der Waals surface area contributed by atoms with Crippen molar-refractivity contribution in [3.05, 3.63) is 64.1 Å². The Bertz CT molecular complexity index is 1120.